The van der Waals surface area contributed by atoms with E-state index < -0.39 is 5.60 Å². The van der Waals surface area contributed by atoms with Gasteiger partial charge in [-0.3, -0.25) is 0 Å². The van der Waals surface area contributed by atoms with E-state index in [0.29, 0.717) is 16.5 Å². The van der Waals surface area contributed by atoms with Crippen molar-refractivity contribution in [1.29, 1.82) is 0 Å². The van der Waals surface area contributed by atoms with Gasteiger partial charge in [0.2, 0.25) is 11.8 Å². The molecule has 1 heterocycles. The maximum atomic E-state index is 10.8. The molecule has 20 heavy (non-hydrogen) atoms. The summed E-state index contributed by atoms with van der Waals surface area (Å²) < 4.78 is 10.2. The molecule has 1 unspecified atom stereocenters. The van der Waals surface area contributed by atoms with Crippen molar-refractivity contribution in [1.82, 2.24) is 9.97 Å². The Bertz CT molecular complexity index is 617. The van der Waals surface area contributed by atoms with Crippen molar-refractivity contribution >= 4 is 11.6 Å². The zero-order valence-electron chi connectivity index (χ0n) is 11.4. The number of hydrogen-bond acceptors (Lipinski definition) is 5. The van der Waals surface area contributed by atoms with Crippen molar-refractivity contribution in [2.75, 3.05) is 14.2 Å². The van der Waals surface area contributed by atoms with Crippen LogP contribution in [0.15, 0.2) is 30.5 Å². The molecule has 0 bridgehead atoms. The van der Waals surface area contributed by atoms with E-state index >= 15 is 0 Å². The molecule has 106 valence electrons. The molecule has 0 fully saturated rings. The minimum absolute atomic E-state index is 0.189. The van der Waals surface area contributed by atoms with Gasteiger partial charge < -0.3 is 14.6 Å². The molecule has 6 heteroatoms. The molecule has 0 aliphatic heterocycles. The van der Waals surface area contributed by atoms with Crippen LogP contribution in [0.3, 0.4) is 0 Å². The van der Waals surface area contributed by atoms with Gasteiger partial charge in [-0.15, -0.1) is 0 Å². The summed E-state index contributed by atoms with van der Waals surface area (Å²) in [4.78, 5) is 8.31. The van der Waals surface area contributed by atoms with E-state index in [0.717, 1.165) is 0 Å². The summed E-state index contributed by atoms with van der Waals surface area (Å²) in [5.41, 5.74) is -0.628. The first kappa shape index (κ1) is 14.6. The Kier molecular flexibility index (Phi) is 4.11. The van der Waals surface area contributed by atoms with E-state index in [4.69, 9.17) is 21.1 Å². The summed E-state index contributed by atoms with van der Waals surface area (Å²) in [5, 5.41) is 11.2. The van der Waals surface area contributed by atoms with Gasteiger partial charge in [-0.05, 0) is 13.0 Å². The van der Waals surface area contributed by atoms with Crippen LogP contribution < -0.4 is 9.47 Å². The summed E-state index contributed by atoms with van der Waals surface area (Å²) in [5.74, 6) is 0.495. The summed E-state index contributed by atoms with van der Waals surface area (Å²) in [6.07, 6.45) is 1.42. The SMILES string of the molecule is COc1cnc(C(C)(O)c2ccccc2Cl)c(OC)n1. The maximum absolute atomic E-state index is 10.8. The molecular weight excluding hydrogens is 280 g/mol. The third kappa shape index (κ3) is 2.55. The standard InChI is InChI=1S/C14H15ClN2O3/c1-14(18,9-6-4-5-7-10(9)15)12-13(20-3)17-11(19-2)8-16-12/h4-8,18H,1-3H3. The Labute approximate surface area is 122 Å². The highest BCUT2D eigenvalue weighted by Crippen LogP contribution is 2.36. The van der Waals surface area contributed by atoms with Gasteiger partial charge in [0.25, 0.3) is 0 Å². The second kappa shape index (κ2) is 5.64. The Hall–Kier alpha value is -1.85. The quantitative estimate of drug-likeness (QED) is 0.938. The molecule has 0 aliphatic carbocycles. The maximum Gasteiger partial charge on any atom is 0.242 e. The molecule has 0 aliphatic rings. The van der Waals surface area contributed by atoms with Gasteiger partial charge in [0.15, 0.2) is 0 Å². The van der Waals surface area contributed by atoms with Gasteiger partial charge in [-0.1, -0.05) is 29.8 Å². The van der Waals surface area contributed by atoms with Gasteiger partial charge in [-0.25, -0.2) is 4.98 Å². The van der Waals surface area contributed by atoms with Gasteiger partial charge in [0, 0.05) is 10.6 Å². The first-order valence-electron chi connectivity index (χ1n) is 5.93. The minimum atomic E-state index is -1.43. The monoisotopic (exact) mass is 294 g/mol. The van der Waals surface area contributed by atoms with Crippen LogP contribution in [0.2, 0.25) is 5.02 Å². The molecule has 0 amide bonds. The van der Waals surface area contributed by atoms with E-state index in [1.165, 1.54) is 20.4 Å². The normalized spacial score (nSPS) is 13.7. The highest BCUT2D eigenvalue weighted by Gasteiger charge is 2.33. The van der Waals surface area contributed by atoms with Crippen LogP contribution in [0.5, 0.6) is 11.8 Å². The minimum Gasteiger partial charge on any atom is -0.480 e. The van der Waals surface area contributed by atoms with Crippen LogP contribution in [0.4, 0.5) is 0 Å². The van der Waals surface area contributed by atoms with Crippen molar-refractivity contribution in [2.24, 2.45) is 0 Å². The van der Waals surface area contributed by atoms with Crippen molar-refractivity contribution in [3.63, 3.8) is 0 Å². The topological polar surface area (TPSA) is 64.5 Å². The van der Waals surface area contributed by atoms with Crippen molar-refractivity contribution in [3.05, 3.63) is 46.7 Å². The van der Waals surface area contributed by atoms with Crippen LogP contribution >= 0.6 is 11.6 Å². The number of halogens is 1. The lowest BCUT2D eigenvalue weighted by molar-refractivity contribution is 0.0927. The van der Waals surface area contributed by atoms with Crippen molar-refractivity contribution in [2.45, 2.75) is 12.5 Å². The predicted molar refractivity (Wildman–Crippen MR) is 75.3 cm³/mol. The second-order valence-corrected chi connectivity index (χ2v) is 4.73. The number of ether oxygens (including phenoxy) is 2. The molecular formula is C14H15ClN2O3. The molecule has 1 aromatic heterocycles. The van der Waals surface area contributed by atoms with Gasteiger partial charge in [0.05, 0.1) is 20.4 Å². The molecule has 0 saturated heterocycles. The number of aliphatic hydroxyl groups is 1. The van der Waals surface area contributed by atoms with Crippen LogP contribution in [-0.2, 0) is 5.60 Å². The molecule has 1 aromatic carbocycles. The van der Waals surface area contributed by atoms with Gasteiger partial charge in [-0.2, -0.15) is 4.98 Å². The molecule has 1 N–H and O–H groups in total. The summed E-state index contributed by atoms with van der Waals surface area (Å²) >= 11 is 6.14. The number of aromatic nitrogens is 2. The lowest BCUT2D eigenvalue weighted by Crippen LogP contribution is -2.26. The van der Waals surface area contributed by atoms with E-state index in [9.17, 15) is 5.11 Å². The summed E-state index contributed by atoms with van der Waals surface area (Å²) in [6, 6.07) is 7.01. The Morgan fingerprint density at radius 3 is 2.50 bits per heavy atom. The number of benzene rings is 1. The number of hydrogen-bond donors (Lipinski definition) is 1. The molecule has 2 rings (SSSR count). The second-order valence-electron chi connectivity index (χ2n) is 4.32. The molecule has 2 aromatic rings. The smallest absolute Gasteiger partial charge is 0.242 e. The number of methoxy groups -OCH3 is 2. The van der Waals surface area contributed by atoms with Gasteiger partial charge in [0.1, 0.15) is 11.3 Å². The fourth-order valence-electron chi connectivity index (χ4n) is 1.92. The molecule has 0 saturated carbocycles. The fourth-order valence-corrected chi connectivity index (χ4v) is 2.23. The molecule has 0 spiro atoms. The fraction of sp³-hybridized carbons (Fsp3) is 0.286. The number of nitrogens with zero attached hydrogens (tertiary/aromatic N) is 2. The average molecular weight is 295 g/mol. The summed E-state index contributed by atoms with van der Waals surface area (Å²) in [7, 11) is 2.94. The lowest BCUT2D eigenvalue weighted by atomic mass is 9.92. The highest BCUT2D eigenvalue weighted by molar-refractivity contribution is 6.31. The zero-order valence-corrected chi connectivity index (χ0v) is 12.2. The predicted octanol–water partition coefficient (Wildman–Crippen LogP) is 2.40. The van der Waals surface area contributed by atoms with Crippen LogP contribution in [-0.4, -0.2) is 29.3 Å². The Morgan fingerprint density at radius 1 is 1.20 bits per heavy atom. The van der Waals surface area contributed by atoms with E-state index in [2.05, 4.69) is 9.97 Å². The van der Waals surface area contributed by atoms with Crippen molar-refractivity contribution in [3.8, 4) is 11.8 Å². The Balaban J connectivity index is 2.57. The van der Waals surface area contributed by atoms with E-state index in [1.54, 1.807) is 31.2 Å². The third-order valence-electron chi connectivity index (χ3n) is 2.98. The Morgan fingerprint density at radius 2 is 1.90 bits per heavy atom. The van der Waals surface area contributed by atoms with Crippen LogP contribution in [0.1, 0.15) is 18.2 Å². The third-order valence-corrected chi connectivity index (χ3v) is 3.31. The van der Waals surface area contributed by atoms with E-state index in [1.807, 2.05) is 0 Å². The summed E-state index contributed by atoms with van der Waals surface area (Å²) in [6.45, 7) is 1.59. The lowest BCUT2D eigenvalue weighted by Gasteiger charge is -2.25. The number of rotatable bonds is 4. The molecule has 5 nitrogen and oxygen atoms in total. The van der Waals surface area contributed by atoms with Crippen molar-refractivity contribution < 1.29 is 14.6 Å². The first-order chi connectivity index (χ1) is 9.50. The first-order valence-corrected chi connectivity index (χ1v) is 6.31. The largest absolute Gasteiger partial charge is 0.480 e. The molecule has 0 radical (unpaired) electrons. The van der Waals surface area contributed by atoms with Crippen LogP contribution in [0.25, 0.3) is 0 Å². The zero-order chi connectivity index (χ0) is 14.8. The van der Waals surface area contributed by atoms with E-state index in [-0.39, 0.29) is 11.6 Å². The average Bonchev–Trinajstić information content (AvgIpc) is 2.46. The molecule has 1 atom stereocenters. The van der Waals surface area contributed by atoms with Crippen LogP contribution in [0, 0.1) is 0 Å². The van der Waals surface area contributed by atoms with Gasteiger partial charge >= 0.3 is 0 Å². The highest BCUT2D eigenvalue weighted by atomic mass is 35.5.